The lowest BCUT2D eigenvalue weighted by atomic mass is 10.1. The fraction of sp³-hybridized carbons (Fsp3) is 0.455. The summed E-state index contributed by atoms with van der Waals surface area (Å²) >= 11 is 0. The van der Waals surface area contributed by atoms with E-state index in [2.05, 4.69) is 4.98 Å². The van der Waals surface area contributed by atoms with Gasteiger partial charge in [0.25, 0.3) is 0 Å². The Labute approximate surface area is 78.0 Å². The van der Waals surface area contributed by atoms with Crippen LogP contribution in [-0.4, -0.2) is 10.8 Å². The number of hydrogen-bond acceptors (Lipinski definition) is 2. The van der Waals surface area contributed by atoms with Crippen LogP contribution in [0.1, 0.15) is 24.8 Å². The van der Waals surface area contributed by atoms with Gasteiger partial charge in [0.05, 0.1) is 0 Å². The van der Waals surface area contributed by atoms with Crippen LogP contribution in [0.25, 0.3) is 0 Å². The molecule has 68 valence electrons. The van der Waals surface area contributed by atoms with Gasteiger partial charge in [-0.3, -0.25) is 9.78 Å². The molecule has 1 aromatic rings. The molecule has 2 nitrogen and oxygen atoms in total. The highest BCUT2D eigenvalue weighted by Gasteiger charge is 2.28. The second-order valence-electron chi connectivity index (χ2n) is 3.60. The Bertz CT molecular complexity index is 290. The first-order valence-electron chi connectivity index (χ1n) is 4.78. The first-order valence-corrected chi connectivity index (χ1v) is 4.78. The fourth-order valence-electron chi connectivity index (χ4n) is 1.42. The minimum Gasteiger partial charge on any atom is -0.299 e. The van der Waals surface area contributed by atoms with Crippen molar-refractivity contribution in [3.05, 3.63) is 30.1 Å². The second-order valence-corrected chi connectivity index (χ2v) is 3.60. The van der Waals surface area contributed by atoms with Crippen LogP contribution < -0.4 is 0 Å². The molecule has 0 N–H and O–H groups in total. The SMILES string of the molecule is O=C(CCc1cccnc1)C1CC1. The van der Waals surface area contributed by atoms with Crippen molar-refractivity contribution < 1.29 is 4.79 Å². The van der Waals surface area contributed by atoms with Crippen LogP contribution >= 0.6 is 0 Å². The molecule has 2 rings (SSSR count). The summed E-state index contributed by atoms with van der Waals surface area (Å²) in [7, 11) is 0. The molecule has 0 amide bonds. The van der Waals surface area contributed by atoms with Gasteiger partial charge in [-0.25, -0.2) is 0 Å². The normalized spacial score (nSPS) is 15.7. The molecule has 1 heterocycles. The summed E-state index contributed by atoms with van der Waals surface area (Å²) in [6.45, 7) is 0. The average molecular weight is 175 g/mol. The van der Waals surface area contributed by atoms with Crippen LogP contribution in [0.15, 0.2) is 24.5 Å². The molecule has 0 bridgehead atoms. The fourth-order valence-corrected chi connectivity index (χ4v) is 1.42. The molecular formula is C11H13NO. The van der Waals surface area contributed by atoms with E-state index in [1.54, 1.807) is 6.20 Å². The van der Waals surface area contributed by atoms with E-state index in [4.69, 9.17) is 0 Å². The quantitative estimate of drug-likeness (QED) is 0.700. The van der Waals surface area contributed by atoms with Gasteiger partial charge in [-0.1, -0.05) is 6.07 Å². The Hall–Kier alpha value is -1.18. The summed E-state index contributed by atoms with van der Waals surface area (Å²) < 4.78 is 0. The summed E-state index contributed by atoms with van der Waals surface area (Å²) in [5, 5.41) is 0. The van der Waals surface area contributed by atoms with Crippen molar-refractivity contribution in [3.63, 3.8) is 0 Å². The molecule has 0 saturated heterocycles. The molecular weight excluding hydrogens is 162 g/mol. The van der Waals surface area contributed by atoms with Gasteiger partial charge in [-0.05, 0) is 30.9 Å². The maximum Gasteiger partial charge on any atom is 0.136 e. The largest absolute Gasteiger partial charge is 0.299 e. The maximum absolute atomic E-state index is 11.4. The molecule has 13 heavy (non-hydrogen) atoms. The van der Waals surface area contributed by atoms with Gasteiger partial charge < -0.3 is 0 Å². The first-order chi connectivity index (χ1) is 6.36. The summed E-state index contributed by atoms with van der Waals surface area (Å²) in [4.78, 5) is 15.4. The van der Waals surface area contributed by atoms with E-state index in [1.807, 2.05) is 18.3 Å². The number of Topliss-reactive ketones (excluding diaryl/α,β-unsaturated/α-hetero) is 1. The highest BCUT2D eigenvalue weighted by molar-refractivity contribution is 5.83. The number of carbonyl (C=O) groups excluding carboxylic acids is 1. The van der Waals surface area contributed by atoms with Crippen molar-refractivity contribution in [2.75, 3.05) is 0 Å². The van der Waals surface area contributed by atoms with Gasteiger partial charge >= 0.3 is 0 Å². The molecule has 0 atom stereocenters. The van der Waals surface area contributed by atoms with E-state index in [1.165, 1.54) is 0 Å². The number of aromatic nitrogens is 1. The van der Waals surface area contributed by atoms with Crippen LogP contribution in [0.5, 0.6) is 0 Å². The van der Waals surface area contributed by atoms with Crippen LogP contribution in [0.2, 0.25) is 0 Å². The van der Waals surface area contributed by atoms with Crippen LogP contribution in [0.3, 0.4) is 0 Å². The minimum atomic E-state index is 0.400. The predicted octanol–water partition coefficient (Wildman–Crippen LogP) is 1.99. The number of aryl methyl sites for hydroxylation is 1. The molecule has 0 radical (unpaired) electrons. The van der Waals surface area contributed by atoms with E-state index in [0.717, 1.165) is 24.8 Å². The van der Waals surface area contributed by atoms with Gasteiger partial charge in [0.15, 0.2) is 0 Å². The zero-order chi connectivity index (χ0) is 9.10. The third kappa shape index (κ3) is 2.38. The number of nitrogens with zero attached hydrogens (tertiary/aromatic N) is 1. The van der Waals surface area contributed by atoms with E-state index >= 15 is 0 Å². The number of rotatable bonds is 4. The minimum absolute atomic E-state index is 0.400. The zero-order valence-electron chi connectivity index (χ0n) is 7.57. The lowest BCUT2D eigenvalue weighted by Gasteiger charge is -1.98. The van der Waals surface area contributed by atoms with E-state index in [-0.39, 0.29) is 0 Å². The molecule has 1 aliphatic carbocycles. The lowest BCUT2D eigenvalue weighted by molar-refractivity contribution is -0.120. The molecule has 2 heteroatoms. The van der Waals surface area contributed by atoms with Crippen molar-refractivity contribution in [1.29, 1.82) is 0 Å². The van der Waals surface area contributed by atoms with Crippen LogP contribution in [0, 0.1) is 5.92 Å². The molecule has 0 unspecified atom stereocenters. The summed E-state index contributed by atoms with van der Waals surface area (Å²) in [6, 6.07) is 3.93. The van der Waals surface area contributed by atoms with Crippen molar-refractivity contribution in [1.82, 2.24) is 4.98 Å². The molecule has 0 aromatic carbocycles. The number of carbonyl (C=O) groups is 1. The van der Waals surface area contributed by atoms with Crippen molar-refractivity contribution in [2.45, 2.75) is 25.7 Å². The van der Waals surface area contributed by atoms with Crippen molar-refractivity contribution >= 4 is 5.78 Å². The zero-order valence-corrected chi connectivity index (χ0v) is 7.57. The smallest absolute Gasteiger partial charge is 0.136 e. The molecule has 1 aromatic heterocycles. The number of hydrogen-bond donors (Lipinski definition) is 0. The molecule has 1 saturated carbocycles. The maximum atomic E-state index is 11.4. The van der Waals surface area contributed by atoms with Gasteiger partial charge in [0.2, 0.25) is 0 Å². The van der Waals surface area contributed by atoms with Gasteiger partial charge in [-0.2, -0.15) is 0 Å². The predicted molar refractivity (Wildman–Crippen MR) is 50.3 cm³/mol. The Morgan fingerprint density at radius 2 is 2.38 bits per heavy atom. The Morgan fingerprint density at radius 3 is 3.00 bits per heavy atom. The number of pyridine rings is 1. The monoisotopic (exact) mass is 175 g/mol. The van der Waals surface area contributed by atoms with Crippen LogP contribution in [0.4, 0.5) is 0 Å². The first kappa shape index (κ1) is 8.42. The highest BCUT2D eigenvalue weighted by Crippen LogP contribution is 2.31. The van der Waals surface area contributed by atoms with E-state index in [9.17, 15) is 4.79 Å². The topological polar surface area (TPSA) is 30.0 Å². The van der Waals surface area contributed by atoms with E-state index < -0.39 is 0 Å². The van der Waals surface area contributed by atoms with Crippen molar-refractivity contribution in [3.8, 4) is 0 Å². The summed E-state index contributed by atoms with van der Waals surface area (Å²) in [6.07, 6.45) is 7.36. The van der Waals surface area contributed by atoms with Gasteiger partial charge in [0, 0.05) is 24.7 Å². The molecule has 0 spiro atoms. The van der Waals surface area contributed by atoms with Gasteiger partial charge in [-0.15, -0.1) is 0 Å². The Balaban J connectivity index is 1.82. The van der Waals surface area contributed by atoms with Gasteiger partial charge in [0.1, 0.15) is 5.78 Å². The molecule has 0 aliphatic heterocycles. The third-order valence-corrected chi connectivity index (χ3v) is 2.42. The summed E-state index contributed by atoms with van der Waals surface area (Å²) in [5.74, 6) is 0.834. The molecule has 1 aliphatic rings. The lowest BCUT2D eigenvalue weighted by Crippen LogP contribution is -2.01. The Kier molecular flexibility index (Phi) is 2.39. The van der Waals surface area contributed by atoms with Crippen LogP contribution in [-0.2, 0) is 11.2 Å². The standard InChI is InChI=1S/C11H13NO/c13-11(10-4-5-10)6-3-9-2-1-7-12-8-9/h1-2,7-8,10H,3-6H2. The second kappa shape index (κ2) is 3.69. The Morgan fingerprint density at radius 1 is 1.54 bits per heavy atom. The number of ketones is 1. The average Bonchev–Trinajstić information content (AvgIpc) is 2.99. The third-order valence-electron chi connectivity index (χ3n) is 2.42. The molecule has 1 fully saturated rings. The van der Waals surface area contributed by atoms with Crippen molar-refractivity contribution in [2.24, 2.45) is 5.92 Å². The van der Waals surface area contributed by atoms with E-state index in [0.29, 0.717) is 18.1 Å². The summed E-state index contributed by atoms with van der Waals surface area (Å²) in [5.41, 5.74) is 1.16. The highest BCUT2D eigenvalue weighted by atomic mass is 16.1.